The van der Waals surface area contributed by atoms with Crippen LogP contribution < -0.4 is 0 Å². The summed E-state index contributed by atoms with van der Waals surface area (Å²) in [6.07, 6.45) is 7.08. The summed E-state index contributed by atoms with van der Waals surface area (Å²) in [5.41, 5.74) is -6.58. The highest BCUT2D eigenvalue weighted by molar-refractivity contribution is 5.92. The van der Waals surface area contributed by atoms with Crippen LogP contribution in [0.3, 0.4) is 0 Å². The van der Waals surface area contributed by atoms with Gasteiger partial charge in [-0.3, -0.25) is 4.79 Å². The van der Waals surface area contributed by atoms with Crippen LogP contribution in [0, 0.1) is 28.6 Å². The number of carbonyl (C=O) groups is 1. The molecule has 0 radical (unpaired) electrons. The van der Waals surface area contributed by atoms with Gasteiger partial charge in [0.1, 0.15) is 17.2 Å². The molecule has 0 unspecified atom stereocenters. The van der Waals surface area contributed by atoms with Crippen LogP contribution in [0.2, 0.25) is 0 Å². The second-order valence-electron chi connectivity index (χ2n) is 13.5. The molecule has 8 atom stereocenters. The first-order valence-electron chi connectivity index (χ1n) is 16.2. The van der Waals surface area contributed by atoms with E-state index in [0.29, 0.717) is 32.0 Å². The number of unbranched alkanes of at least 4 members (excludes halogenated alkanes) is 3. The molecule has 0 aliphatic heterocycles. The lowest BCUT2D eigenvalue weighted by Gasteiger charge is -2.61. The van der Waals surface area contributed by atoms with Crippen molar-refractivity contribution in [2.75, 3.05) is 19.8 Å². The second kappa shape index (κ2) is 12.8. The highest BCUT2D eigenvalue weighted by Crippen LogP contribution is 2.71. The first kappa shape index (κ1) is 33.3. The monoisotopic (exact) mass is 594 g/mol. The highest BCUT2D eigenvalue weighted by Gasteiger charge is 2.76. The summed E-state index contributed by atoms with van der Waals surface area (Å²) in [5, 5.41) is 24.1. The van der Waals surface area contributed by atoms with Crippen molar-refractivity contribution < 1.29 is 38.0 Å². The van der Waals surface area contributed by atoms with E-state index in [1.807, 2.05) is 13.8 Å². The van der Waals surface area contributed by atoms with Gasteiger partial charge >= 0.3 is 0 Å². The number of ether oxygens (including phenoxy) is 3. The molecule has 2 saturated carbocycles. The zero-order valence-electron chi connectivity index (χ0n) is 26.4. The van der Waals surface area contributed by atoms with Gasteiger partial charge in [-0.2, -0.15) is 0 Å². The van der Waals surface area contributed by atoms with Gasteiger partial charge < -0.3 is 24.4 Å². The number of halogens is 2. The average molecular weight is 595 g/mol. The maximum absolute atomic E-state index is 17.7. The summed E-state index contributed by atoms with van der Waals surface area (Å²) in [7, 11) is 0. The molecule has 2 N–H and O–H groups in total. The van der Waals surface area contributed by atoms with Gasteiger partial charge in [0.2, 0.25) is 12.1 Å². The lowest BCUT2D eigenvalue weighted by atomic mass is 9.45. The Hall–Kier alpha value is -1.61. The molecular weight excluding hydrogens is 542 g/mol. The van der Waals surface area contributed by atoms with Crippen molar-refractivity contribution in [1.82, 2.24) is 0 Å². The predicted molar refractivity (Wildman–Crippen MR) is 158 cm³/mol. The van der Waals surface area contributed by atoms with Gasteiger partial charge in [0.15, 0.2) is 5.67 Å². The minimum atomic E-state index is -2.20. The SMILES string of the molecule is CCCCOC1=CC2=C(F)C[C@H]3[C@@H]4C[C@@H](C)[C@](O)(C(=O)C(OCCCC)OCCCC)[C@@]4(C)C[C@H](O)[C@]3(F)[C@@]2(C)C=C1. The lowest BCUT2D eigenvalue weighted by molar-refractivity contribution is -0.229. The number of ketones is 1. The smallest absolute Gasteiger partial charge is 0.220 e. The molecule has 2 fully saturated rings. The third-order valence-corrected chi connectivity index (χ3v) is 10.9. The largest absolute Gasteiger partial charge is 0.494 e. The zero-order valence-corrected chi connectivity index (χ0v) is 26.4. The van der Waals surface area contributed by atoms with Gasteiger partial charge in [-0.05, 0) is 63.0 Å². The minimum absolute atomic E-state index is 0.143. The third-order valence-electron chi connectivity index (χ3n) is 10.9. The Balaban J connectivity index is 1.69. The fourth-order valence-corrected chi connectivity index (χ4v) is 8.36. The molecule has 8 heteroatoms. The number of hydrogen-bond donors (Lipinski definition) is 2. The Morgan fingerprint density at radius 1 is 1.05 bits per heavy atom. The summed E-state index contributed by atoms with van der Waals surface area (Å²) in [6.45, 7) is 12.4. The predicted octanol–water partition coefficient (Wildman–Crippen LogP) is 6.90. The molecule has 238 valence electrons. The topological polar surface area (TPSA) is 85.2 Å². The van der Waals surface area contributed by atoms with Crippen LogP contribution >= 0.6 is 0 Å². The van der Waals surface area contributed by atoms with E-state index in [2.05, 4.69) is 6.92 Å². The number of alkyl halides is 1. The first-order valence-corrected chi connectivity index (χ1v) is 16.2. The van der Waals surface area contributed by atoms with E-state index in [1.165, 1.54) is 0 Å². The Kier molecular flexibility index (Phi) is 10.1. The maximum Gasteiger partial charge on any atom is 0.220 e. The molecule has 4 rings (SSSR count). The van der Waals surface area contributed by atoms with Crippen LogP contribution in [0.5, 0.6) is 0 Å². The Labute approximate surface area is 250 Å². The highest BCUT2D eigenvalue weighted by atomic mass is 19.1. The van der Waals surface area contributed by atoms with Crippen molar-refractivity contribution in [2.24, 2.45) is 28.6 Å². The van der Waals surface area contributed by atoms with Gasteiger partial charge in [0, 0.05) is 23.3 Å². The number of hydrogen-bond acceptors (Lipinski definition) is 6. The quantitative estimate of drug-likeness (QED) is 0.168. The number of Topliss-reactive ketones (excluding diaryl/α,β-unsaturated/α-hetero) is 1. The zero-order chi connectivity index (χ0) is 30.9. The van der Waals surface area contributed by atoms with Gasteiger partial charge in [-0.25, -0.2) is 8.78 Å². The molecule has 0 heterocycles. The van der Waals surface area contributed by atoms with E-state index in [-0.39, 0.29) is 18.4 Å². The normalized spacial score (nSPS) is 39.2. The van der Waals surface area contributed by atoms with Crippen LogP contribution in [0.25, 0.3) is 0 Å². The number of carbonyl (C=O) groups excluding carboxylic acids is 1. The summed E-state index contributed by atoms with van der Waals surface area (Å²) in [4.78, 5) is 14.2. The molecule has 0 spiro atoms. The van der Waals surface area contributed by atoms with Gasteiger partial charge in [0.25, 0.3) is 0 Å². The standard InChI is InChI=1S/C34H52F2O6/c1-7-10-15-40-23-13-14-31(5)26(19-23)27(35)20-25-24-18-22(4)34(39,32(24,6)21-28(37)33(25,31)36)29(38)30(41-16-11-8-2)42-17-12-9-3/h13-14,19,22,24-25,28,30,37,39H,7-12,15-18,20-21H2,1-6H3/t22-,24+,25+,28+,31+,32+,33+,34+/m1/s1. The number of aliphatic hydroxyl groups excluding tert-OH is 1. The second-order valence-corrected chi connectivity index (χ2v) is 13.5. The molecule has 0 saturated heterocycles. The number of rotatable bonds is 14. The van der Waals surface area contributed by atoms with Crippen LogP contribution in [-0.4, -0.2) is 59.5 Å². The molecule has 0 aromatic heterocycles. The van der Waals surface area contributed by atoms with E-state index in [1.54, 1.807) is 39.0 Å². The van der Waals surface area contributed by atoms with Crippen molar-refractivity contribution >= 4 is 5.78 Å². The summed E-state index contributed by atoms with van der Waals surface area (Å²) >= 11 is 0. The lowest BCUT2D eigenvalue weighted by Crippen LogP contribution is -2.69. The summed E-state index contributed by atoms with van der Waals surface area (Å²) < 4.78 is 51.3. The third kappa shape index (κ3) is 5.12. The average Bonchev–Trinajstić information content (AvgIpc) is 3.15. The maximum atomic E-state index is 17.7. The van der Waals surface area contributed by atoms with E-state index in [4.69, 9.17) is 14.2 Å². The summed E-state index contributed by atoms with van der Waals surface area (Å²) in [6, 6.07) is 0. The van der Waals surface area contributed by atoms with Crippen molar-refractivity contribution in [3.63, 3.8) is 0 Å². The summed E-state index contributed by atoms with van der Waals surface area (Å²) in [5.74, 6) is -2.60. The minimum Gasteiger partial charge on any atom is -0.494 e. The van der Waals surface area contributed by atoms with Crippen LogP contribution in [0.1, 0.15) is 99.3 Å². The van der Waals surface area contributed by atoms with Gasteiger partial charge in [-0.15, -0.1) is 0 Å². The van der Waals surface area contributed by atoms with E-state index < -0.39 is 63.9 Å². The van der Waals surface area contributed by atoms with Crippen LogP contribution in [-0.2, 0) is 19.0 Å². The molecular formula is C34H52F2O6. The van der Waals surface area contributed by atoms with Crippen molar-refractivity contribution in [3.8, 4) is 0 Å². The molecule has 6 nitrogen and oxygen atoms in total. The molecule has 42 heavy (non-hydrogen) atoms. The van der Waals surface area contributed by atoms with Gasteiger partial charge in [-0.1, -0.05) is 60.0 Å². The number of allylic oxidation sites excluding steroid dienone is 5. The van der Waals surface area contributed by atoms with Gasteiger partial charge in [0.05, 0.1) is 31.3 Å². The molecule has 4 aliphatic carbocycles. The first-order chi connectivity index (χ1) is 19.9. The number of fused-ring (bicyclic) bond motifs is 5. The Morgan fingerprint density at radius 2 is 1.64 bits per heavy atom. The molecule has 0 bridgehead atoms. The van der Waals surface area contributed by atoms with Crippen molar-refractivity contribution in [1.29, 1.82) is 0 Å². The molecule has 0 amide bonds. The Morgan fingerprint density at radius 3 is 2.24 bits per heavy atom. The fourth-order valence-electron chi connectivity index (χ4n) is 8.36. The van der Waals surface area contributed by atoms with E-state index >= 15 is 8.78 Å². The van der Waals surface area contributed by atoms with Crippen molar-refractivity contribution in [2.45, 2.75) is 123 Å². The fraction of sp³-hybridized carbons (Fsp3) is 0.794. The molecule has 4 aliphatic rings. The van der Waals surface area contributed by atoms with Crippen molar-refractivity contribution in [3.05, 3.63) is 35.4 Å². The van der Waals surface area contributed by atoms with E-state index in [0.717, 1.165) is 38.5 Å². The molecule has 0 aromatic carbocycles. The Bertz CT molecular complexity index is 1080. The molecule has 0 aromatic rings. The van der Waals surface area contributed by atoms with Crippen LogP contribution in [0.15, 0.2) is 35.4 Å². The van der Waals surface area contributed by atoms with E-state index in [9.17, 15) is 15.0 Å². The number of aliphatic hydroxyl groups is 2. The van der Waals surface area contributed by atoms with Crippen LogP contribution in [0.4, 0.5) is 8.78 Å².